The van der Waals surface area contributed by atoms with Crippen molar-refractivity contribution >= 4 is 11.9 Å². The van der Waals surface area contributed by atoms with Crippen LogP contribution in [0.2, 0.25) is 0 Å². The summed E-state index contributed by atoms with van der Waals surface area (Å²) in [6, 6.07) is 16.9. The molecule has 1 N–H and O–H groups in total. The normalized spacial score (nSPS) is 10.5. The number of anilines is 1. The number of nitrogens with zero attached hydrogens (tertiary/aromatic N) is 4. The Morgan fingerprint density at radius 3 is 2.81 bits per heavy atom. The summed E-state index contributed by atoms with van der Waals surface area (Å²) >= 11 is 0. The molecule has 0 spiro atoms. The lowest BCUT2D eigenvalue weighted by molar-refractivity contribution is 0.102. The van der Waals surface area contributed by atoms with Gasteiger partial charge in [0.25, 0.3) is 11.9 Å². The molecule has 0 aliphatic carbocycles. The van der Waals surface area contributed by atoms with E-state index < -0.39 is 0 Å². The third-order valence-electron chi connectivity index (χ3n) is 3.73. The summed E-state index contributed by atoms with van der Waals surface area (Å²) in [6.07, 6.45) is 2.00. The molecular weight excluding hydrogens is 330 g/mol. The van der Waals surface area contributed by atoms with Crippen LogP contribution in [-0.2, 0) is 13.2 Å². The molecule has 0 atom stereocenters. The molecule has 0 aliphatic rings. The van der Waals surface area contributed by atoms with Crippen molar-refractivity contribution in [2.24, 2.45) is 0 Å². The van der Waals surface area contributed by atoms with Crippen molar-refractivity contribution in [3.8, 4) is 5.75 Å². The van der Waals surface area contributed by atoms with E-state index in [1.807, 2.05) is 36.4 Å². The first-order valence-corrected chi connectivity index (χ1v) is 8.60. The summed E-state index contributed by atoms with van der Waals surface area (Å²) in [5, 5.41) is 14.6. The molecule has 0 fully saturated rings. The van der Waals surface area contributed by atoms with E-state index in [1.165, 1.54) is 4.80 Å². The summed E-state index contributed by atoms with van der Waals surface area (Å²) in [5.41, 5.74) is 1.54. The van der Waals surface area contributed by atoms with Crippen LogP contribution in [0.15, 0.2) is 54.6 Å². The van der Waals surface area contributed by atoms with Gasteiger partial charge in [-0.15, -0.1) is 5.10 Å². The summed E-state index contributed by atoms with van der Waals surface area (Å²) in [4.78, 5) is 13.9. The Kier molecular flexibility index (Phi) is 5.92. The van der Waals surface area contributed by atoms with Crippen LogP contribution < -0.4 is 10.1 Å². The van der Waals surface area contributed by atoms with Crippen LogP contribution in [0.4, 0.5) is 5.95 Å². The Bertz CT molecular complexity index is 848. The second-order valence-corrected chi connectivity index (χ2v) is 5.82. The molecule has 2 aromatic carbocycles. The zero-order chi connectivity index (χ0) is 18.2. The number of amides is 1. The molecule has 134 valence electrons. The fourth-order valence-electron chi connectivity index (χ4n) is 2.33. The van der Waals surface area contributed by atoms with Gasteiger partial charge in [-0.05, 0) is 35.4 Å². The molecule has 3 aromatic rings. The molecule has 0 bridgehead atoms. The van der Waals surface area contributed by atoms with Gasteiger partial charge in [0.05, 0.1) is 6.54 Å². The van der Waals surface area contributed by atoms with Gasteiger partial charge in [-0.3, -0.25) is 10.1 Å². The number of nitrogens with one attached hydrogen (secondary N) is 1. The Morgan fingerprint density at radius 1 is 1.15 bits per heavy atom. The predicted octanol–water partition coefficient (Wildman–Crippen LogP) is 3.30. The molecule has 26 heavy (non-hydrogen) atoms. The van der Waals surface area contributed by atoms with Gasteiger partial charge in [-0.25, -0.2) is 0 Å². The van der Waals surface area contributed by atoms with Crippen LogP contribution in [-0.4, -0.2) is 26.1 Å². The van der Waals surface area contributed by atoms with Gasteiger partial charge in [0.2, 0.25) is 0 Å². The number of hydrogen-bond donors (Lipinski definition) is 1. The van der Waals surface area contributed by atoms with E-state index in [4.69, 9.17) is 4.74 Å². The highest BCUT2D eigenvalue weighted by Gasteiger charge is 2.11. The van der Waals surface area contributed by atoms with Crippen molar-refractivity contribution in [3.05, 3.63) is 65.7 Å². The highest BCUT2D eigenvalue weighted by Crippen LogP contribution is 2.16. The van der Waals surface area contributed by atoms with E-state index >= 15 is 0 Å². The molecule has 0 aliphatic heterocycles. The number of hydrogen-bond acceptors (Lipinski definition) is 5. The Balaban J connectivity index is 1.60. The monoisotopic (exact) mass is 351 g/mol. The van der Waals surface area contributed by atoms with Gasteiger partial charge >= 0.3 is 0 Å². The van der Waals surface area contributed by atoms with Crippen molar-refractivity contribution in [1.82, 2.24) is 20.2 Å². The molecule has 0 radical (unpaired) electrons. The molecular formula is C19H21N5O2. The van der Waals surface area contributed by atoms with Crippen molar-refractivity contribution in [3.63, 3.8) is 0 Å². The topological polar surface area (TPSA) is 81.9 Å². The molecule has 1 aromatic heterocycles. The average Bonchev–Trinajstić information content (AvgIpc) is 3.13. The standard InChI is InChI=1S/C19H21N5O2/c1-2-3-12-24-22-19(21-23-24)20-18(25)16-10-7-11-17(13-16)26-14-15-8-5-4-6-9-15/h4-11,13H,2-3,12,14H2,1H3,(H,20,22,25). The van der Waals surface area contributed by atoms with Gasteiger partial charge in [0.1, 0.15) is 12.4 Å². The maximum Gasteiger partial charge on any atom is 0.270 e. The quantitative estimate of drug-likeness (QED) is 0.673. The van der Waals surface area contributed by atoms with Crippen LogP contribution >= 0.6 is 0 Å². The SMILES string of the molecule is CCCCn1nnc(NC(=O)c2cccc(OCc3ccccc3)c2)n1. The molecule has 0 saturated carbocycles. The Hall–Kier alpha value is -3.22. The van der Waals surface area contributed by atoms with Crippen LogP contribution in [0.1, 0.15) is 35.7 Å². The van der Waals surface area contributed by atoms with Crippen molar-refractivity contribution in [2.75, 3.05) is 5.32 Å². The molecule has 0 saturated heterocycles. The van der Waals surface area contributed by atoms with Crippen LogP contribution in [0.25, 0.3) is 0 Å². The van der Waals surface area contributed by atoms with Crippen LogP contribution in [0.5, 0.6) is 5.75 Å². The number of carbonyl (C=O) groups is 1. The Morgan fingerprint density at radius 2 is 2.00 bits per heavy atom. The van der Waals surface area contributed by atoms with Crippen molar-refractivity contribution in [2.45, 2.75) is 32.9 Å². The summed E-state index contributed by atoms with van der Waals surface area (Å²) in [6.45, 7) is 3.22. The third kappa shape index (κ3) is 4.89. The average molecular weight is 351 g/mol. The van der Waals surface area contributed by atoms with Gasteiger partial charge in [0, 0.05) is 5.56 Å². The number of aromatic nitrogens is 4. The lowest BCUT2D eigenvalue weighted by Gasteiger charge is -2.08. The van der Waals surface area contributed by atoms with Gasteiger partial charge < -0.3 is 4.74 Å². The first kappa shape index (κ1) is 17.6. The molecule has 3 rings (SSSR count). The maximum absolute atomic E-state index is 12.4. The largest absolute Gasteiger partial charge is 0.489 e. The molecule has 1 heterocycles. The number of ether oxygens (including phenoxy) is 1. The third-order valence-corrected chi connectivity index (χ3v) is 3.73. The molecule has 0 unspecified atom stereocenters. The number of benzene rings is 2. The number of unbranched alkanes of at least 4 members (excludes halogenated alkanes) is 1. The van der Waals surface area contributed by atoms with E-state index in [9.17, 15) is 4.79 Å². The number of tetrazole rings is 1. The fourth-order valence-corrected chi connectivity index (χ4v) is 2.33. The van der Waals surface area contributed by atoms with Gasteiger partial charge in [-0.2, -0.15) is 4.80 Å². The van der Waals surface area contributed by atoms with E-state index in [1.54, 1.807) is 18.2 Å². The number of carbonyl (C=O) groups excluding carboxylic acids is 1. The highest BCUT2D eigenvalue weighted by atomic mass is 16.5. The minimum atomic E-state index is -0.301. The van der Waals surface area contributed by atoms with Crippen molar-refractivity contribution in [1.29, 1.82) is 0 Å². The predicted molar refractivity (Wildman–Crippen MR) is 97.9 cm³/mol. The first-order valence-electron chi connectivity index (χ1n) is 8.60. The van der Waals surface area contributed by atoms with Gasteiger partial charge in [0.15, 0.2) is 0 Å². The lowest BCUT2D eigenvalue weighted by Crippen LogP contribution is -2.13. The van der Waals surface area contributed by atoms with Gasteiger partial charge in [-0.1, -0.05) is 54.8 Å². The fraction of sp³-hybridized carbons (Fsp3) is 0.263. The number of aryl methyl sites for hydroxylation is 1. The lowest BCUT2D eigenvalue weighted by atomic mass is 10.2. The summed E-state index contributed by atoms with van der Waals surface area (Å²) in [5.74, 6) is 0.521. The Labute approximate surface area is 152 Å². The van der Waals surface area contributed by atoms with E-state index in [2.05, 4.69) is 27.7 Å². The maximum atomic E-state index is 12.4. The second-order valence-electron chi connectivity index (χ2n) is 5.82. The zero-order valence-corrected chi connectivity index (χ0v) is 14.6. The number of rotatable bonds is 8. The van der Waals surface area contributed by atoms with Crippen molar-refractivity contribution < 1.29 is 9.53 Å². The first-order chi connectivity index (χ1) is 12.7. The summed E-state index contributed by atoms with van der Waals surface area (Å²) in [7, 11) is 0. The van der Waals surface area contributed by atoms with E-state index in [-0.39, 0.29) is 11.9 Å². The smallest absolute Gasteiger partial charge is 0.270 e. The second kappa shape index (κ2) is 8.75. The zero-order valence-electron chi connectivity index (χ0n) is 14.6. The highest BCUT2D eigenvalue weighted by molar-refractivity contribution is 6.03. The summed E-state index contributed by atoms with van der Waals surface area (Å²) < 4.78 is 5.75. The minimum Gasteiger partial charge on any atom is -0.489 e. The molecule has 7 nitrogen and oxygen atoms in total. The van der Waals surface area contributed by atoms with E-state index in [0.29, 0.717) is 24.5 Å². The molecule has 7 heteroatoms. The molecule has 1 amide bonds. The van der Waals surface area contributed by atoms with Crippen LogP contribution in [0, 0.1) is 0 Å². The minimum absolute atomic E-state index is 0.196. The van der Waals surface area contributed by atoms with Crippen LogP contribution in [0.3, 0.4) is 0 Å². The van der Waals surface area contributed by atoms with E-state index in [0.717, 1.165) is 18.4 Å².